The average Bonchev–Trinajstić information content (AvgIpc) is 2.92. The highest BCUT2D eigenvalue weighted by Gasteiger charge is 2.09. The van der Waals surface area contributed by atoms with Crippen LogP contribution in [0.4, 0.5) is 0 Å². The Kier molecular flexibility index (Phi) is 4.24. The van der Waals surface area contributed by atoms with E-state index in [1.807, 2.05) is 12.1 Å². The number of nitrogens with zero attached hydrogens (tertiary/aromatic N) is 4. The Balaban J connectivity index is 1.81. The molecule has 1 aromatic heterocycles. The summed E-state index contributed by atoms with van der Waals surface area (Å²) in [5.41, 5.74) is 6.05. The number of benzene rings is 2. The third kappa shape index (κ3) is 3.36. The number of rotatable bonds is 4. The van der Waals surface area contributed by atoms with Crippen molar-refractivity contribution < 1.29 is 0 Å². The summed E-state index contributed by atoms with van der Waals surface area (Å²) in [4.78, 5) is 0. The fraction of sp³-hybridized carbons (Fsp3) is 0.235. The van der Waals surface area contributed by atoms with Crippen LogP contribution in [0, 0.1) is 20.8 Å². The first-order chi connectivity index (χ1) is 10.6. The maximum absolute atomic E-state index is 4.15. The zero-order valence-corrected chi connectivity index (χ0v) is 13.8. The van der Waals surface area contributed by atoms with Crippen LogP contribution in [0.3, 0.4) is 0 Å². The van der Waals surface area contributed by atoms with Gasteiger partial charge in [0.25, 0.3) is 0 Å². The van der Waals surface area contributed by atoms with Gasteiger partial charge in [0.05, 0.1) is 5.69 Å². The summed E-state index contributed by atoms with van der Waals surface area (Å²) in [6.07, 6.45) is 0. The molecule has 0 aliphatic heterocycles. The highest BCUT2D eigenvalue weighted by atomic mass is 32.2. The van der Waals surface area contributed by atoms with Crippen molar-refractivity contribution in [1.82, 2.24) is 20.2 Å². The van der Waals surface area contributed by atoms with Gasteiger partial charge >= 0.3 is 0 Å². The summed E-state index contributed by atoms with van der Waals surface area (Å²) in [6, 6.07) is 14.8. The molecule has 0 bridgehead atoms. The Bertz CT molecular complexity index is 775. The van der Waals surface area contributed by atoms with E-state index in [4.69, 9.17) is 0 Å². The number of hydrogen-bond donors (Lipinski definition) is 0. The van der Waals surface area contributed by atoms with Crippen LogP contribution in [0.15, 0.2) is 47.6 Å². The van der Waals surface area contributed by atoms with Crippen molar-refractivity contribution in [3.05, 3.63) is 64.7 Å². The van der Waals surface area contributed by atoms with Gasteiger partial charge in [0.15, 0.2) is 0 Å². The monoisotopic (exact) mass is 310 g/mol. The Hall–Kier alpha value is -2.14. The third-order valence-corrected chi connectivity index (χ3v) is 4.33. The Morgan fingerprint density at radius 3 is 2.45 bits per heavy atom. The minimum absolute atomic E-state index is 0.810. The highest BCUT2D eigenvalue weighted by molar-refractivity contribution is 7.98. The molecule has 0 saturated heterocycles. The standard InChI is InChI=1S/C17H18N4S/c1-12-5-4-6-16(10-12)21-17(18-19-20-21)22-11-15-8-13(2)7-14(3)9-15/h4-10H,11H2,1-3H3. The van der Waals surface area contributed by atoms with Gasteiger partial charge in [-0.1, -0.05) is 53.2 Å². The second-order valence-electron chi connectivity index (χ2n) is 5.50. The van der Waals surface area contributed by atoms with E-state index < -0.39 is 0 Å². The molecule has 0 amide bonds. The Morgan fingerprint density at radius 1 is 0.955 bits per heavy atom. The van der Waals surface area contributed by atoms with Crippen LogP contribution in [0.2, 0.25) is 0 Å². The first kappa shape index (κ1) is 14.8. The molecule has 0 N–H and O–H groups in total. The normalized spacial score (nSPS) is 10.9. The quantitative estimate of drug-likeness (QED) is 0.686. The molecule has 3 rings (SSSR count). The van der Waals surface area contributed by atoms with Crippen LogP contribution in [0.1, 0.15) is 22.3 Å². The van der Waals surface area contributed by atoms with Crippen molar-refractivity contribution in [2.75, 3.05) is 0 Å². The molecule has 22 heavy (non-hydrogen) atoms. The van der Waals surface area contributed by atoms with E-state index in [2.05, 4.69) is 66.6 Å². The third-order valence-electron chi connectivity index (χ3n) is 3.34. The molecule has 0 spiro atoms. The fourth-order valence-corrected chi connectivity index (χ4v) is 3.31. The molecular formula is C17H18N4S. The molecule has 5 heteroatoms. The molecule has 4 nitrogen and oxygen atoms in total. The predicted octanol–water partition coefficient (Wildman–Crippen LogP) is 3.88. The van der Waals surface area contributed by atoms with Crippen LogP contribution in [-0.2, 0) is 5.75 Å². The molecule has 2 aromatic carbocycles. The maximum Gasteiger partial charge on any atom is 0.214 e. The van der Waals surface area contributed by atoms with Crippen molar-refractivity contribution >= 4 is 11.8 Å². The van der Waals surface area contributed by atoms with Crippen LogP contribution < -0.4 is 0 Å². The van der Waals surface area contributed by atoms with E-state index in [1.165, 1.54) is 22.3 Å². The molecule has 1 heterocycles. The van der Waals surface area contributed by atoms with E-state index in [9.17, 15) is 0 Å². The van der Waals surface area contributed by atoms with Gasteiger partial charge in [0, 0.05) is 5.75 Å². The molecule has 0 fully saturated rings. The van der Waals surface area contributed by atoms with E-state index >= 15 is 0 Å². The van der Waals surface area contributed by atoms with Crippen molar-refractivity contribution in [2.45, 2.75) is 31.7 Å². The minimum atomic E-state index is 0.810. The highest BCUT2D eigenvalue weighted by Crippen LogP contribution is 2.23. The summed E-state index contributed by atoms with van der Waals surface area (Å²) in [7, 11) is 0. The summed E-state index contributed by atoms with van der Waals surface area (Å²) in [5, 5.41) is 12.9. The largest absolute Gasteiger partial charge is 0.214 e. The molecule has 0 saturated carbocycles. The first-order valence-corrected chi connectivity index (χ1v) is 8.16. The van der Waals surface area contributed by atoms with Gasteiger partial charge in [-0.05, 0) is 54.5 Å². The SMILES string of the molecule is Cc1cc(C)cc(CSc2nnnn2-c2cccc(C)c2)c1. The van der Waals surface area contributed by atoms with Crippen molar-refractivity contribution in [3.8, 4) is 5.69 Å². The lowest BCUT2D eigenvalue weighted by Crippen LogP contribution is -1.99. The van der Waals surface area contributed by atoms with Crippen LogP contribution in [-0.4, -0.2) is 20.2 Å². The minimum Gasteiger partial charge on any atom is -0.187 e. The lowest BCUT2D eigenvalue weighted by Gasteiger charge is -2.06. The van der Waals surface area contributed by atoms with E-state index in [-0.39, 0.29) is 0 Å². The van der Waals surface area contributed by atoms with Crippen LogP contribution in [0.5, 0.6) is 0 Å². The van der Waals surface area contributed by atoms with Gasteiger partial charge in [0.1, 0.15) is 0 Å². The van der Waals surface area contributed by atoms with Gasteiger partial charge < -0.3 is 0 Å². The van der Waals surface area contributed by atoms with Gasteiger partial charge in [-0.2, -0.15) is 4.68 Å². The zero-order chi connectivity index (χ0) is 15.5. The summed E-state index contributed by atoms with van der Waals surface area (Å²) in [6.45, 7) is 6.31. The summed E-state index contributed by atoms with van der Waals surface area (Å²) >= 11 is 1.65. The second-order valence-corrected chi connectivity index (χ2v) is 6.44. The molecule has 0 aliphatic carbocycles. The summed E-state index contributed by atoms with van der Waals surface area (Å²) in [5.74, 6) is 0.856. The molecule has 0 unspecified atom stereocenters. The number of thioether (sulfide) groups is 1. The van der Waals surface area contributed by atoms with Gasteiger partial charge in [0.2, 0.25) is 5.16 Å². The Labute approximate surface area is 134 Å². The lowest BCUT2D eigenvalue weighted by molar-refractivity contribution is 0.755. The molecule has 0 radical (unpaired) electrons. The first-order valence-electron chi connectivity index (χ1n) is 7.17. The average molecular weight is 310 g/mol. The summed E-state index contributed by atoms with van der Waals surface area (Å²) < 4.78 is 1.79. The smallest absolute Gasteiger partial charge is 0.187 e. The van der Waals surface area contributed by atoms with Crippen LogP contribution >= 0.6 is 11.8 Å². The van der Waals surface area contributed by atoms with E-state index in [0.29, 0.717) is 0 Å². The second kappa shape index (κ2) is 6.32. The fourth-order valence-electron chi connectivity index (χ4n) is 2.49. The Morgan fingerprint density at radius 2 is 1.73 bits per heavy atom. The topological polar surface area (TPSA) is 43.6 Å². The van der Waals surface area contributed by atoms with E-state index in [1.54, 1.807) is 16.4 Å². The van der Waals surface area contributed by atoms with Crippen LogP contribution in [0.25, 0.3) is 5.69 Å². The maximum atomic E-state index is 4.15. The number of hydrogen-bond acceptors (Lipinski definition) is 4. The number of aromatic nitrogens is 4. The molecular weight excluding hydrogens is 292 g/mol. The number of tetrazole rings is 1. The number of aryl methyl sites for hydroxylation is 3. The van der Waals surface area contributed by atoms with Crippen molar-refractivity contribution in [2.24, 2.45) is 0 Å². The predicted molar refractivity (Wildman–Crippen MR) is 89.4 cm³/mol. The van der Waals surface area contributed by atoms with Crippen molar-refractivity contribution in [1.29, 1.82) is 0 Å². The molecule has 0 atom stereocenters. The molecule has 3 aromatic rings. The van der Waals surface area contributed by atoms with Gasteiger partial charge in [-0.25, -0.2) is 0 Å². The zero-order valence-electron chi connectivity index (χ0n) is 12.9. The van der Waals surface area contributed by atoms with Gasteiger partial charge in [-0.3, -0.25) is 0 Å². The molecule has 112 valence electrons. The van der Waals surface area contributed by atoms with Crippen molar-refractivity contribution in [3.63, 3.8) is 0 Å². The molecule has 0 aliphatic rings. The van der Waals surface area contributed by atoms with Gasteiger partial charge in [-0.15, -0.1) is 5.10 Å². The lowest BCUT2D eigenvalue weighted by atomic mass is 10.1. The van der Waals surface area contributed by atoms with E-state index in [0.717, 1.165) is 16.6 Å².